The van der Waals surface area contributed by atoms with E-state index in [1.165, 1.54) is 20.2 Å². The molecule has 8 nitrogen and oxygen atoms in total. The van der Waals surface area contributed by atoms with Crippen molar-refractivity contribution in [3.63, 3.8) is 0 Å². The largest absolute Gasteiger partial charge is 0.480 e. The number of urea groups is 1. The van der Waals surface area contributed by atoms with Gasteiger partial charge in [0.15, 0.2) is 0 Å². The number of amides is 2. The number of aryl methyl sites for hydroxylation is 1. The van der Waals surface area contributed by atoms with Gasteiger partial charge in [0.05, 0.1) is 6.54 Å². The summed E-state index contributed by atoms with van der Waals surface area (Å²) in [5.74, 6) is -0.491. The lowest BCUT2D eigenvalue weighted by atomic mass is 10.1. The Hall–Kier alpha value is -2.12. The van der Waals surface area contributed by atoms with Gasteiger partial charge in [-0.05, 0) is 20.8 Å². The van der Waals surface area contributed by atoms with Crippen LogP contribution in [0.5, 0.6) is 0 Å². The SMILES string of the molecule is CCn1ncnc1CNC(=O)NC(C)(C)C(=O)O. The summed E-state index contributed by atoms with van der Waals surface area (Å²) in [6, 6.07) is -0.562. The highest BCUT2D eigenvalue weighted by Gasteiger charge is 2.28. The monoisotopic (exact) mass is 255 g/mol. The van der Waals surface area contributed by atoms with Crippen molar-refractivity contribution in [2.24, 2.45) is 0 Å². The Kier molecular flexibility index (Phi) is 4.24. The smallest absolute Gasteiger partial charge is 0.328 e. The third-order valence-electron chi connectivity index (χ3n) is 2.36. The molecule has 0 saturated heterocycles. The summed E-state index contributed by atoms with van der Waals surface area (Å²) in [6.07, 6.45) is 1.40. The number of aromatic nitrogens is 3. The second-order valence-electron chi connectivity index (χ2n) is 4.23. The van der Waals surface area contributed by atoms with E-state index in [0.717, 1.165) is 0 Å². The van der Waals surface area contributed by atoms with Crippen molar-refractivity contribution in [1.29, 1.82) is 0 Å². The number of carbonyl (C=O) groups is 2. The van der Waals surface area contributed by atoms with Gasteiger partial charge in [0.2, 0.25) is 0 Å². The minimum Gasteiger partial charge on any atom is -0.480 e. The second kappa shape index (κ2) is 5.48. The van der Waals surface area contributed by atoms with Crippen molar-refractivity contribution < 1.29 is 14.7 Å². The maximum Gasteiger partial charge on any atom is 0.328 e. The molecule has 0 radical (unpaired) electrons. The fourth-order valence-electron chi connectivity index (χ4n) is 1.23. The number of carboxylic acids is 1. The van der Waals surface area contributed by atoms with Gasteiger partial charge >= 0.3 is 12.0 Å². The fraction of sp³-hybridized carbons (Fsp3) is 0.600. The maximum absolute atomic E-state index is 11.5. The summed E-state index contributed by atoms with van der Waals surface area (Å²) in [4.78, 5) is 26.3. The minimum atomic E-state index is -1.32. The Morgan fingerprint density at radius 1 is 1.50 bits per heavy atom. The lowest BCUT2D eigenvalue weighted by molar-refractivity contribution is -0.142. The number of carboxylic acid groups (broad SMARTS) is 1. The van der Waals surface area contributed by atoms with Crippen LogP contribution >= 0.6 is 0 Å². The Balaban J connectivity index is 2.50. The number of hydrogen-bond donors (Lipinski definition) is 3. The van der Waals surface area contributed by atoms with E-state index in [-0.39, 0.29) is 6.54 Å². The minimum absolute atomic E-state index is 0.190. The van der Waals surface area contributed by atoms with Crippen molar-refractivity contribution in [2.45, 2.75) is 39.4 Å². The number of hydrogen-bond acceptors (Lipinski definition) is 4. The van der Waals surface area contributed by atoms with E-state index in [4.69, 9.17) is 5.11 Å². The topological polar surface area (TPSA) is 109 Å². The number of carbonyl (C=O) groups excluding carboxylic acids is 1. The molecule has 0 fully saturated rings. The fourth-order valence-corrected chi connectivity index (χ4v) is 1.23. The molecule has 2 amide bonds. The molecule has 0 aliphatic carbocycles. The van der Waals surface area contributed by atoms with Gasteiger partial charge in [0, 0.05) is 6.54 Å². The second-order valence-corrected chi connectivity index (χ2v) is 4.23. The molecule has 1 rings (SSSR count). The Labute approximate surface area is 104 Å². The third kappa shape index (κ3) is 3.44. The molecule has 100 valence electrons. The molecule has 8 heteroatoms. The zero-order valence-corrected chi connectivity index (χ0v) is 10.6. The lowest BCUT2D eigenvalue weighted by Gasteiger charge is -2.21. The Morgan fingerprint density at radius 2 is 2.17 bits per heavy atom. The van der Waals surface area contributed by atoms with E-state index in [2.05, 4.69) is 20.7 Å². The van der Waals surface area contributed by atoms with Crippen molar-refractivity contribution in [1.82, 2.24) is 25.4 Å². The van der Waals surface area contributed by atoms with Crippen LogP contribution in [0.15, 0.2) is 6.33 Å². The van der Waals surface area contributed by atoms with Crippen LogP contribution in [-0.2, 0) is 17.9 Å². The molecule has 0 spiro atoms. The number of nitrogens with one attached hydrogen (secondary N) is 2. The van der Waals surface area contributed by atoms with Crippen LogP contribution in [-0.4, -0.2) is 37.4 Å². The average molecular weight is 255 g/mol. The lowest BCUT2D eigenvalue weighted by Crippen LogP contribution is -2.53. The van der Waals surface area contributed by atoms with Gasteiger partial charge in [-0.15, -0.1) is 0 Å². The van der Waals surface area contributed by atoms with Crippen molar-refractivity contribution in [2.75, 3.05) is 0 Å². The molecule has 0 bridgehead atoms. The van der Waals surface area contributed by atoms with Gasteiger partial charge in [-0.2, -0.15) is 5.10 Å². The van der Waals surface area contributed by atoms with E-state index < -0.39 is 17.5 Å². The van der Waals surface area contributed by atoms with Crippen molar-refractivity contribution >= 4 is 12.0 Å². The maximum atomic E-state index is 11.5. The van der Waals surface area contributed by atoms with Gasteiger partial charge in [0.1, 0.15) is 17.7 Å². The summed E-state index contributed by atoms with van der Waals surface area (Å²) < 4.78 is 1.64. The first kappa shape index (κ1) is 13.9. The zero-order chi connectivity index (χ0) is 13.8. The highest BCUT2D eigenvalue weighted by molar-refractivity contribution is 5.85. The summed E-state index contributed by atoms with van der Waals surface area (Å²) in [5.41, 5.74) is -1.32. The average Bonchev–Trinajstić information content (AvgIpc) is 2.72. The van der Waals surface area contributed by atoms with Gasteiger partial charge in [-0.3, -0.25) is 0 Å². The highest BCUT2D eigenvalue weighted by atomic mass is 16.4. The molecule has 18 heavy (non-hydrogen) atoms. The molecule has 0 aromatic carbocycles. The van der Waals surface area contributed by atoms with Crippen LogP contribution < -0.4 is 10.6 Å². The first-order chi connectivity index (χ1) is 8.36. The van der Waals surface area contributed by atoms with Gasteiger partial charge in [-0.1, -0.05) is 0 Å². The molecule has 0 aliphatic heterocycles. The summed E-state index contributed by atoms with van der Waals surface area (Å²) >= 11 is 0. The number of rotatable bonds is 5. The van der Waals surface area contributed by atoms with Gasteiger partial charge in [0.25, 0.3) is 0 Å². The van der Waals surface area contributed by atoms with E-state index in [1.54, 1.807) is 4.68 Å². The molecular weight excluding hydrogens is 238 g/mol. The molecule has 0 atom stereocenters. The van der Waals surface area contributed by atoms with Crippen LogP contribution in [0, 0.1) is 0 Å². The zero-order valence-electron chi connectivity index (χ0n) is 10.6. The molecule has 3 N–H and O–H groups in total. The van der Waals surface area contributed by atoms with Crippen LogP contribution in [0.1, 0.15) is 26.6 Å². The Bertz CT molecular complexity index is 440. The van der Waals surface area contributed by atoms with Crippen LogP contribution in [0.3, 0.4) is 0 Å². The van der Waals surface area contributed by atoms with Gasteiger partial charge < -0.3 is 15.7 Å². The van der Waals surface area contributed by atoms with Crippen LogP contribution in [0.2, 0.25) is 0 Å². The normalized spacial score (nSPS) is 11.1. The highest BCUT2D eigenvalue weighted by Crippen LogP contribution is 2.01. The molecule has 1 aromatic heterocycles. The van der Waals surface area contributed by atoms with Gasteiger partial charge in [-0.25, -0.2) is 19.3 Å². The first-order valence-electron chi connectivity index (χ1n) is 5.53. The predicted octanol–water partition coefficient (Wildman–Crippen LogP) is -0.0396. The van der Waals surface area contributed by atoms with E-state index in [9.17, 15) is 9.59 Å². The van der Waals surface area contributed by atoms with Crippen molar-refractivity contribution in [3.05, 3.63) is 12.2 Å². The predicted molar refractivity (Wildman–Crippen MR) is 62.8 cm³/mol. The molecule has 0 unspecified atom stereocenters. The van der Waals surface area contributed by atoms with Crippen LogP contribution in [0.25, 0.3) is 0 Å². The summed E-state index contributed by atoms with van der Waals surface area (Å²) in [7, 11) is 0. The van der Waals surface area contributed by atoms with E-state index >= 15 is 0 Å². The molecule has 0 saturated carbocycles. The molecule has 0 aliphatic rings. The number of nitrogens with zero attached hydrogens (tertiary/aromatic N) is 3. The van der Waals surface area contributed by atoms with Crippen molar-refractivity contribution in [3.8, 4) is 0 Å². The third-order valence-corrected chi connectivity index (χ3v) is 2.36. The van der Waals surface area contributed by atoms with E-state index in [1.807, 2.05) is 6.92 Å². The van der Waals surface area contributed by atoms with Crippen LogP contribution in [0.4, 0.5) is 4.79 Å². The summed E-state index contributed by atoms with van der Waals surface area (Å²) in [5, 5.41) is 17.7. The quantitative estimate of drug-likeness (QED) is 0.684. The first-order valence-corrected chi connectivity index (χ1v) is 5.53. The Morgan fingerprint density at radius 3 is 2.72 bits per heavy atom. The molecule has 1 heterocycles. The summed E-state index contributed by atoms with van der Waals surface area (Å²) in [6.45, 7) is 5.56. The van der Waals surface area contributed by atoms with E-state index in [0.29, 0.717) is 12.4 Å². The molecule has 1 aromatic rings. The number of aliphatic carboxylic acids is 1. The standard InChI is InChI=1S/C10H17N5O3/c1-4-15-7(12-6-13-15)5-11-9(18)14-10(2,3)8(16)17/h6H,4-5H2,1-3H3,(H,16,17)(H2,11,14,18). The molecular formula is C10H17N5O3.